The largest absolute Gasteiger partial charge is 0.318 e. The Balaban J connectivity index is 3.79. The molecule has 0 aliphatic heterocycles. The zero-order valence-electron chi connectivity index (χ0n) is 10.2. The van der Waals surface area contributed by atoms with E-state index in [1.165, 1.54) is 10.8 Å². The highest BCUT2D eigenvalue weighted by Gasteiger charge is 2.13. The minimum atomic E-state index is 0.647. The number of likely N-dealkylation sites (N-methyl/N-ethyl adjacent to an activating group) is 2. The quantitative estimate of drug-likeness (QED) is 0.360. The fourth-order valence-electron chi connectivity index (χ4n) is 1.35. The maximum absolute atomic E-state index is 5.56. The fourth-order valence-corrected chi connectivity index (χ4v) is 2.46. The van der Waals surface area contributed by atoms with Crippen LogP contribution in [0.2, 0.25) is 0 Å². The lowest BCUT2D eigenvalue weighted by Gasteiger charge is -2.28. The summed E-state index contributed by atoms with van der Waals surface area (Å²) in [6.45, 7) is 3.88. The van der Waals surface area contributed by atoms with Gasteiger partial charge in [0, 0.05) is 36.8 Å². The Kier molecular flexibility index (Phi) is 10.1. The summed E-state index contributed by atoms with van der Waals surface area (Å²) in [6, 6.07) is 0.660. The lowest BCUT2D eigenvalue weighted by molar-refractivity contribution is 0.226. The molecule has 1 atom stereocenters. The summed E-state index contributed by atoms with van der Waals surface area (Å²) < 4.78 is 1.18. The highest BCUT2D eigenvalue weighted by atomic mass is 127. The minimum absolute atomic E-state index is 0.647. The first kappa shape index (κ1) is 15.6. The van der Waals surface area contributed by atoms with Gasteiger partial charge in [-0.15, -0.1) is 0 Å². The highest BCUT2D eigenvalue weighted by Crippen LogP contribution is 2.06. The lowest BCUT2D eigenvalue weighted by Crippen LogP contribution is -2.40. The van der Waals surface area contributed by atoms with Gasteiger partial charge in [-0.05, 0) is 27.6 Å². The van der Waals surface area contributed by atoms with Gasteiger partial charge in [-0.3, -0.25) is 4.90 Å². The number of nitrogens with one attached hydrogen (secondary N) is 1. The molecule has 0 amide bonds. The van der Waals surface area contributed by atoms with Crippen LogP contribution >= 0.6 is 22.6 Å². The third-order valence-electron chi connectivity index (χ3n) is 2.67. The molecule has 92 valence electrons. The number of hydrogen-bond donors (Lipinski definition) is 2. The summed E-state index contributed by atoms with van der Waals surface area (Å²) >= 11 is 2.46. The van der Waals surface area contributed by atoms with Gasteiger partial charge in [0.1, 0.15) is 0 Å². The Morgan fingerprint density at radius 1 is 1.33 bits per heavy atom. The average molecular weight is 328 g/mol. The molecular formula is C10H25IN4. The van der Waals surface area contributed by atoms with Crippen molar-refractivity contribution in [2.75, 3.05) is 51.9 Å². The molecule has 4 nitrogen and oxygen atoms in total. The second-order valence-corrected chi connectivity index (χ2v) is 4.82. The van der Waals surface area contributed by atoms with E-state index in [0.29, 0.717) is 12.7 Å². The van der Waals surface area contributed by atoms with Crippen LogP contribution in [-0.4, -0.2) is 67.7 Å². The number of alkyl halides is 1. The maximum atomic E-state index is 5.56. The Hall–Kier alpha value is 0.570. The van der Waals surface area contributed by atoms with Crippen molar-refractivity contribution >= 4 is 22.6 Å². The number of nitrogens with zero attached hydrogens (tertiary/aromatic N) is 2. The van der Waals surface area contributed by atoms with Crippen molar-refractivity contribution in [2.24, 2.45) is 5.73 Å². The SMILES string of the molecule is CNCCN(C)C(CI)CCN(C)CN. The zero-order valence-corrected chi connectivity index (χ0v) is 12.3. The van der Waals surface area contributed by atoms with E-state index in [1.54, 1.807) is 0 Å². The molecule has 0 fully saturated rings. The normalized spacial score (nSPS) is 13.8. The van der Waals surface area contributed by atoms with Gasteiger partial charge in [0.25, 0.3) is 0 Å². The first-order valence-corrected chi connectivity index (χ1v) is 6.97. The maximum Gasteiger partial charge on any atom is 0.0452 e. The number of halogens is 1. The molecule has 15 heavy (non-hydrogen) atoms. The molecule has 0 radical (unpaired) electrons. The second-order valence-electron chi connectivity index (χ2n) is 3.94. The van der Waals surface area contributed by atoms with Crippen LogP contribution in [0.5, 0.6) is 0 Å². The van der Waals surface area contributed by atoms with Crippen molar-refractivity contribution in [3.63, 3.8) is 0 Å². The Labute approximate surface area is 108 Å². The van der Waals surface area contributed by atoms with Gasteiger partial charge in [-0.25, -0.2) is 0 Å². The lowest BCUT2D eigenvalue weighted by atomic mass is 10.2. The fraction of sp³-hybridized carbons (Fsp3) is 1.00. The van der Waals surface area contributed by atoms with Crippen LogP contribution in [-0.2, 0) is 0 Å². The Morgan fingerprint density at radius 2 is 2.00 bits per heavy atom. The molecule has 0 rings (SSSR count). The van der Waals surface area contributed by atoms with Crippen LogP contribution in [0.3, 0.4) is 0 Å². The van der Waals surface area contributed by atoms with Gasteiger partial charge in [0.15, 0.2) is 0 Å². The van der Waals surface area contributed by atoms with E-state index in [9.17, 15) is 0 Å². The average Bonchev–Trinajstić information content (AvgIpc) is 2.26. The van der Waals surface area contributed by atoms with Gasteiger partial charge >= 0.3 is 0 Å². The van der Waals surface area contributed by atoms with Crippen LogP contribution < -0.4 is 11.1 Å². The van der Waals surface area contributed by atoms with E-state index in [-0.39, 0.29) is 0 Å². The second kappa shape index (κ2) is 9.77. The van der Waals surface area contributed by atoms with Crippen molar-refractivity contribution < 1.29 is 0 Å². The topological polar surface area (TPSA) is 44.5 Å². The molecule has 0 spiro atoms. The molecule has 3 N–H and O–H groups in total. The molecule has 0 aromatic heterocycles. The van der Waals surface area contributed by atoms with Crippen molar-refractivity contribution in [1.82, 2.24) is 15.1 Å². The standard InChI is InChI=1S/C10H25IN4/c1-13-5-7-15(3)10(8-11)4-6-14(2)9-12/h10,13H,4-9,12H2,1-3H3. The zero-order chi connectivity index (χ0) is 11.7. The molecule has 0 bridgehead atoms. The summed E-state index contributed by atoms with van der Waals surface area (Å²) in [5.41, 5.74) is 5.56. The van der Waals surface area contributed by atoms with Crippen LogP contribution in [0.4, 0.5) is 0 Å². The smallest absolute Gasteiger partial charge is 0.0452 e. The molecule has 0 aromatic carbocycles. The third-order valence-corrected chi connectivity index (χ3v) is 3.69. The monoisotopic (exact) mass is 328 g/mol. The summed E-state index contributed by atoms with van der Waals surface area (Å²) in [6.07, 6.45) is 1.19. The van der Waals surface area contributed by atoms with Crippen LogP contribution in [0.15, 0.2) is 0 Å². The first-order chi connectivity index (χ1) is 7.15. The highest BCUT2D eigenvalue weighted by molar-refractivity contribution is 14.1. The van der Waals surface area contributed by atoms with E-state index in [2.05, 4.69) is 51.8 Å². The number of hydrogen-bond acceptors (Lipinski definition) is 4. The van der Waals surface area contributed by atoms with Crippen molar-refractivity contribution in [1.29, 1.82) is 0 Å². The summed E-state index contributed by atoms with van der Waals surface area (Å²) in [7, 11) is 6.26. The summed E-state index contributed by atoms with van der Waals surface area (Å²) in [4.78, 5) is 4.58. The van der Waals surface area contributed by atoms with E-state index < -0.39 is 0 Å². The van der Waals surface area contributed by atoms with Crippen molar-refractivity contribution in [3.8, 4) is 0 Å². The van der Waals surface area contributed by atoms with Gasteiger partial charge in [-0.2, -0.15) is 0 Å². The molecule has 0 saturated heterocycles. The van der Waals surface area contributed by atoms with E-state index in [0.717, 1.165) is 19.6 Å². The number of rotatable bonds is 9. The predicted octanol–water partition coefficient (Wildman–Crippen LogP) is 0.179. The molecule has 0 heterocycles. The Bertz CT molecular complexity index is 145. The molecule has 0 saturated carbocycles. The molecule has 0 aliphatic rings. The third kappa shape index (κ3) is 7.46. The van der Waals surface area contributed by atoms with Gasteiger partial charge in [0.05, 0.1) is 0 Å². The van der Waals surface area contributed by atoms with Crippen molar-refractivity contribution in [2.45, 2.75) is 12.5 Å². The van der Waals surface area contributed by atoms with Crippen LogP contribution in [0, 0.1) is 0 Å². The predicted molar refractivity (Wildman–Crippen MR) is 75.5 cm³/mol. The van der Waals surface area contributed by atoms with Crippen LogP contribution in [0.1, 0.15) is 6.42 Å². The van der Waals surface area contributed by atoms with E-state index >= 15 is 0 Å². The van der Waals surface area contributed by atoms with Gasteiger partial charge in [0.2, 0.25) is 0 Å². The summed E-state index contributed by atoms with van der Waals surface area (Å²) in [5.74, 6) is 0. The van der Waals surface area contributed by atoms with Crippen LogP contribution in [0.25, 0.3) is 0 Å². The Morgan fingerprint density at radius 3 is 2.47 bits per heavy atom. The molecule has 0 aromatic rings. The molecular weight excluding hydrogens is 303 g/mol. The minimum Gasteiger partial charge on any atom is -0.318 e. The molecule has 5 heteroatoms. The van der Waals surface area contributed by atoms with E-state index in [1.807, 2.05) is 7.05 Å². The van der Waals surface area contributed by atoms with Gasteiger partial charge < -0.3 is 16.0 Å². The molecule has 0 aliphatic carbocycles. The molecule has 1 unspecified atom stereocenters. The van der Waals surface area contributed by atoms with E-state index in [4.69, 9.17) is 5.73 Å². The van der Waals surface area contributed by atoms with Gasteiger partial charge in [-0.1, -0.05) is 22.6 Å². The van der Waals surface area contributed by atoms with Crippen molar-refractivity contribution in [3.05, 3.63) is 0 Å². The first-order valence-electron chi connectivity index (χ1n) is 5.45. The number of nitrogens with two attached hydrogens (primary N) is 1. The summed E-state index contributed by atoms with van der Waals surface area (Å²) in [5, 5.41) is 3.18.